The lowest BCUT2D eigenvalue weighted by Gasteiger charge is -2.03. The van der Waals surface area contributed by atoms with Crippen LogP contribution in [0.1, 0.15) is 16.2 Å². The van der Waals surface area contributed by atoms with Gasteiger partial charge in [0.05, 0.1) is 16.9 Å². The molecule has 2 aromatic rings. The number of hydrogen-bond donors (Lipinski definition) is 2. The van der Waals surface area contributed by atoms with Crippen molar-refractivity contribution in [1.82, 2.24) is 9.97 Å². The van der Waals surface area contributed by atoms with E-state index in [4.69, 9.17) is 23.1 Å². The molecule has 1 heterocycles. The third-order valence-electron chi connectivity index (χ3n) is 2.23. The molecule has 0 saturated carbocycles. The summed E-state index contributed by atoms with van der Waals surface area (Å²) in [7, 11) is 0. The number of carbonyl (C=O) groups excluding carboxylic acids is 1. The van der Waals surface area contributed by atoms with Crippen molar-refractivity contribution in [2.45, 2.75) is 0 Å². The van der Waals surface area contributed by atoms with Crippen LogP contribution >= 0.6 is 11.6 Å². The van der Waals surface area contributed by atoms with Gasteiger partial charge in [-0.1, -0.05) is 11.6 Å². The second kappa shape index (κ2) is 4.58. The fourth-order valence-corrected chi connectivity index (χ4v) is 1.46. The van der Waals surface area contributed by atoms with E-state index in [9.17, 15) is 9.18 Å². The molecule has 1 aromatic heterocycles. The standard InChI is InChI=1S/C11H8ClFN4O/c12-6-3-5(1-2-7(6)13)9(18)11-16-4-8(14)10(15)17-11/h1-4H,14H2,(H2,15,16,17). The summed E-state index contributed by atoms with van der Waals surface area (Å²) in [4.78, 5) is 19.5. The number of carbonyl (C=O) groups is 1. The number of ketones is 1. The summed E-state index contributed by atoms with van der Waals surface area (Å²) in [5.41, 5.74) is 11.3. The first-order chi connectivity index (χ1) is 8.49. The number of hydrogen-bond acceptors (Lipinski definition) is 5. The molecule has 18 heavy (non-hydrogen) atoms. The molecule has 0 radical (unpaired) electrons. The van der Waals surface area contributed by atoms with E-state index in [1.54, 1.807) is 0 Å². The van der Waals surface area contributed by atoms with Gasteiger partial charge < -0.3 is 11.5 Å². The molecule has 2 rings (SSSR count). The summed E-state index contributed by atoms with van der Waals surface area (Å²) < 4.78 is 13.0. The van der Waals surface area contributed by atoms with Crippen LogP contribution in [0.3, 0.4) is 0 Å². The van der Waals surface area contributed by atoms with E-state index in [0.717, 1.165) is 6.07 Å². The summed E-state index contributed by atoms with van der Waals surface area (Å²) in [5, 5.41) is -0.149. The Morgan fingerprint density at radius 2 is 2.06 bits per heavy atom. The van der Waals surface area contributed by atoms with Gasteiger partial charge in [0, 0.05) is 5.56 Å². The number of aromatic nitrogens is 2. The molecule has 0 spiro atoms. The van der Waals surface area contributed by atoms with Gasteiger partial charge in [-0.3, -0.25) is 4.79 Å². The van der Waals surface area contributed by atoms with E-state index in [0.29, 0.717) is 0 Å². The number of rotatable bonds is 2. The minimum Gasteiger partial charge on any atom is -0.394 e. The second-order valence-corrected chi connectivity index (χ2v) is 3.90. The molecule has 0 saturated heterocycles. The van der Waals surface area contributed by atoms with E-state index in [2.05, 4.69) is 9.97 Å². The second-order valence-electron chi connectivity index (χ2n) is 3.49. The van der Waals surface area contributed by atoms with Gasteiger partial charge in [0.2, 0.25) is 11.6 Å². The molecule has 4 N–H and O–H groups in total. The topological polar surface area (TPSA) is 94.9 Å². The van der Waals surface area contributed by atoms with Crippen LogP contribution in [0.15, 0.2) is 24.4 Å². The van der Waals surface area contributed by atoms with Crippen molar-refractivity contribution >= 4 is 28.9 Å². The van der Waals surface area contributed by atoms with Gasteiger partial charge in [-0.05, 0) is 18.2 Å². The molecule has 7 heteroatoms. The van der Waals surface area contributed by atoms with Crippen LogP contribution in [0, 0.1) is 5.82 Å². The van der Waals surface area contributed by atoms with Crippen molar-refractivity contribution in [3.05, 3.63) is 46.6 Å². The zero-order valence-corrected chi connectivity index (χ0v) is 9.78. The maximum absolute atomic E-state index is 13.0. The van der Waals surface area contributed by atoms with E-state index in [1.807, 2.05) is 0 Å². The number of benzene rings is 1. The normalized spacial score (nSPS) is 10.3. The summed E-state index contributed by atoms with van der Waals surface area (Å²) in [6.45, 7) is 0. The zero-order valence-electron chi connectivity index (χ0n) is 9.02. The molecule has 5 nitrogen and oxygen atoms in total. The van der Waals surface area contributed by atoms with Crippen molar-refractivity contribution in [2.75, 3.05) is 11.5 Å². The lowest BCUT2D eigenvalue weighted by atomic mass is 10.1. The highest BCUT2D eigenvalue weighted by atomic mass is 35.5. The predicted molar refractivity (Wildman–Crippen MR) is 65.7 cm³/mol. The lowest BCUT2D eigenvalue weighted by Crippen LogP contribution is -2.10. The van der Waals surface area contributed by atoms with Crippen LogP contribution in [-0.4, -0.2) is 15.8 Å². The average Bonchev–Trinajstić information content (AvgIpc) is 2.35. The van der Waals surface area contributed by atoms with Crippen LogP contribution in [-0.2, 0) is 0 Å². The van der Waals surface area contributed by atoms with E-state index in [-0.39, 0.29) is 27.9 Å². The third kappa shape index (κ3) is 2.23. The van der Waals surface area contributed by atoms with E-state index < -0.39 is 11.6 Å². The highest BCUT2D eigenvalue weighted by Crippen LogP contribution is 2.18. The molecule has 0 amide bonds. The fourth-order valence-electron chi connectivity index (χ4n) is 1.28. The number of halogens is 2. The number of anilines is 2. The number of nitrogen functional groups attached to an aromatic ring is 2. The minimum absolute atomic E-state index is 0.0153. The summed E-state index contributed by atoms with van der Waals surface area (Å²) in [5.74, 6) is -1.22. The smallest absolute Gasteiger partial charge is 0.230 e. The van der Waals surface area contributed by atoms with Crippen molar-refractivity contribution in [3.8, 4) is 0 Å². The van der Waals surface area contributed by atoms with Gasteiger partial charge in [0.15, 0.2) is 5.82 Å². The Morgan fingerprint density at radius 1 is 1.33 bits per heavy atom. The quantitative estimate of drug-likeness (QED) is 0.806. The first-order valence-electron chi connectivity index (χ1n) is 4.87. The van der Waals surface area contributed by atoms with Crippen molar-refractivity contribution in [1.29, 1.82) is 0 Å². The monoisotopic (exact) mass is 266 g/mol. The van der Waals surface area contributed by atoms with Crippen LogP contribution in [0.2, 0.25) is 5.02 Å². The Balaban J connectivity index is 2.41. The Morgan fingerprint density at radius 3 is 2.67 bits per heavy atom. The Kier molecular flexibility index (Phi) is 3.12. The van der Waals surface area contributed by atoms with Gasteiger partial charge in [0.1, 0.15) is 5.82 Å². The molecule has 92 valence electrons. The van der Waals surface area contributed by atoms with Crippen molar-refractivity contribution in [3.63, 3.8) is 0 Å². The molecule has 0 aliphatic carbocycles. The molecule has 0 bridgehead atoms. The molecular weight excluding hydrogens is 259 g/mol. The molecule has 0 aliphatic rings. The number of nitrogens with two attached hydrogens (primary N) is 2. The minimum atomic E-state index is -0.606. The van der Waals surface area contributed by atoms with Crippen LogP contribution in [0.25, 0.3) is 0 Å². The maximum Gasteiger partial charge on any atom is 0.230 e. The van der Waals surface area contributed by atoms with Gasteiger partial charge in [-0.2, -0.15) is 0 Å². The van der Waals surface area contributed by atoms with Crippen LogP contribution in [0.4, 0.5) is 15.9 Å². The first kappa shape index (κ1) is 12.3. The zero-order chi connectivity index (χ0) is 13.3. The van der Waals surface area contributed by atoms with E-state index >= 15 is 0 Å². The summed E-state index contributed by atoms with van der Waals surface area (Å²) >= 11 is 5.59. The number of nitrogens with zero attached hydrogens (tertiary/aromatic N) is 2. The summed E-state index contributed by atoms with van der Waals surface area (Å²) in [6, 6.07) is 3.59. The third-order valence-corrected chi connectivity index (χ3v) is 2.52. The largest absolute Gasteiger partial charge is 0.394 e. The fraction of sp³-hybridized carbons (Fsp3) is 0. The van der Waals surface area contributed by atoms with Crippen LogP contribution < -0.4 is 11.5 Å². The predicted octanol–water partition coefficient (Wildman–Crippen LogP) is 1.66. The van der Waals surface area contributed by atoms with Gasteiger partial charge in [-0.15, -0.1) is 0 Å². The maximum atomic E-state index is 13.0. The molecule has 0 fully saturated rings. The van der Waals surface area contributed by atoms with Crippen molar-refractivity contribution < 1.29 is 9.18 Å². The lowest BCUT2D eigenvalue weighted by molar-refractivity contribution is 0.102. The van der Waals surface area contributed by atoms with Crippen molar-refractivity contribution in [2.24, 2.45) is 0 Å². The summed E-state index contributed by atoms with van der Waals surface area (Å²) in [6.07, 6.45) is 1.24. The van der Waals surface area contributed by atoms with Gasteiger partial charge in [-0.25, -0.2) is 14.4 Å². The van der Waals surface area contributed by atoms with E-state index in [1.165, 1.54) is 18.3 Å². The van der Waals surface area contributed by atoms with Crippen LogP contribution in [0.5, 0.6) is 0 Å². The highest BCUT2D eigenvalue weighted by molar-refractivity contribution is 6.31. The Bertz CT molecular complexity index is 579. The van der Waals surface area contributed by atoms with Gasteiger partial charge in [0.25, 0.3) is 0 Å². The SMILES string of the molecule is Nc1cnc(C(=O)c2ccc(F)c(Cl)c2)nc1N. The molecule has 1 aromatic carbocycles. The Labute approximate surface area is 107 Å². The first-order valence-corrected chi connectivity index (χ1v) is 5.24. The molecule has 0 aliphatic heterocycles. The Hall–Kier alpha value is -2.21. The van der Waals surface area contributed by atoms with Gasteiger partial charge >= 0.3 is 0 Å². The molecule has 0 atom stereocenters. The average molecular weight is 267 g/mol. The highest BCUT2D eigenvalue weighted by Gasteiger charge is 2.15. The molecule has 0 unspecified atom stereocenters. The molecular formula is C11H8ClFN4O.